The first-order chi connectivity index (χ1) is 12.5. The molecule has 0 saturated heterocycles. The Morgan fingerprint density at radius 3 is 2.46 bits per heavy atom. The van der Waals surface area contributed by atoms with E-state index in [1.807, 2.05) is 0 Å². The fraction of sp³-hybridized carbons (Fsp3) is 0.211. The molecule has 0 radical (unpaired) electrons. The van der Waals surface area contributed by atoms with Crippen molar-refractivity contribution in [1.29, 1.82) is 0 Å². The molecule has 0 N–H and O–H groups in total. The SMILES string of the molecule is COc1ccc(F)cc1COC(=O)/C=C/c1cc(Cl)c(OC)c(OC)c1. The number of esters is 1. The van der Waals surface area contributed by atoms with Crippen LogP contribution in [-0.4, -0.2) is 27.3 Å². The molecule has 5 nitrogen and oxygen atoms in total. The zero-order valence-corrected chi connectivity index (χ0v) is 15.3. The smallest absolute Gasteiger partial charge is 0.331 e. The van der Waals surface area contributed by atoms with E-state index in [2.05, 4.69) is 0 Å². The van der Waals surface area contributed by atoms with Crippen molar-refractivity contribution < 1.29 is 28.1 Å². The number of halogens is 2. The van der Waals surface area contributed by atoms with Gasteiger partial charge in [0, 0.05) is 11.6 Å². The monoisotopic (exact) mass is 380 g/mol. The van der Waals surface area contributed by atoms with E-state index in [0.717, 1.165) is 0 Å². The summed E-state index contributed by atoms with van der Waals surface area (Å²) in [5.41, 5.74) is 1.07. The Balaban J connectivity index is 2.06. The maximum atomic E-state index is 13.3. The average molecular weight is 381 g/mol. The second kappa shape index (κ2) is 9.10. The van der Waals surface area contributed by atoms with Gasteiger partial charge in [-0.25, -0.2) is 9.18 Å². The molecule has 26 heavy (non-hydrogen) atoms. The van der Waals surface area contributed by atoms with Crippen LogP contribution in [0.5, 0.6) is 17.2 Å². The first-order valence-electron chi connectivity index (χ1n) is 7.57. The number of ether oxygens (including phenoxy) is 4. The number of rotatable bonds is 7. The predicted molar refractivity (Wildman–Crippen MR) is 96.3 cm³/mol. The molecule has 7 heteroatoms. The van der Waals surface area contributed by atoms with Crippen LogP contribution in [0.4, 0.5) is 4.39 Å². The molecule has 0 spiro atoms. The molecule has 2 aromatic rings. The summed E-state index contributed by atoms with van der Waals surface area (Å²) >= 11 is 6.11. The van der Waals surface area contributed by atoms with Crippen LogP contribution >= 0.6 is 11.6 Å². The third-order valence-corrected chi connectivity index (χ3v) is 3.76. The minimum atomic E-state index is -0.595. The van der Waals surface area contributed by atoms with Crippen molar-refractivity contribution in [3.8, 4) is 17.2 Å². The highest BCUT2D eigenvalue weighted by Crippen LogP contribution is 2.36. The third-order valence-electron chi connectivity index (χ3n) is 3.48. The van der Waals surface area contributed by atoms with Gasteiger partial charge >= 0.3 is 5.97 Å². The Morgan fingerprint density at radius 2 is 1.81 bits per heavy atom. The molecule has 0 fully saturated rings. The van der Waals surface area contributed by atoms with Crippen LogP contribution in [0.3, 0.4) is 0 Å². The second-order valence-electron chi connectivity index (χ2n) is 5.14. The second-order valence-corrected chi connectivity index (χ2v) is 5.54. The van der Waals surface area contributed by atoms with Gasteiger partial charge in [-0.05, 0) is 42.0 Å². The third kappa shape index (κ3) is 4.89. The molecule has 0 unspecified atom stereocenters. The van der Waals surface area contributed by atoms with Crippen LogP contribution in [0.25, 0.3) is 6.08 Å². The Bertz CT molecular complexity index is 820. The molecule has 0 aliphatic heterocycles. The maximum absolute atomic E-state index is 13.3. The molecule has 0 heterocycles. The number of carbonyl (C=O) groups is 1. The summed E-state index contributed by atoms with van der Waals surface area (Å²) in [5, 5.41) is 0.351. The lowest BCUT2D eigenvalue weighted by molar-refractivity contribution is -0.138. The Morgan fingerprint density at radius 1 is 1.08 bits per heavy atom. The van der Waals surface area contributed by atoms with Crippen LogP contribution in [0.15, 0.2) is 36.4 Å². The standard InChI is InChI=1S/C19H18ClFO5/c1-23-16-6-5-14(21)10-13(16)11-26-18(22)7-4-12-8-15(20)19(25-3)17(9-12)24-2/h4-10H,11H2,1-3H3/b7-4+. The van der Waals surface area contributed by atoms with Crippen LogP contribution in [-0.2, 0) is 16.1 Å². The summed E-state index contributed by atoms with van der Waals surface area (Å²) in [6.07, 6.45) is 2.77. The molecule has 0 aromatic heterocycles. The zero-order chi connectivity index (χ0) is 19.1. The molecular formula is C19H18ClFO5. The van der Waals surface area contributed by atoms with Crippen LogP contribution in [0.1, 0.15) is 11.1 Å². The largest absolute Gasteiger partial charge is 0.496 e. The van der Waals surface area contributed by atoms with Gasteiger partial charge in [-0.2, -0.15) is 0 Å². The van der Waals surface area contributed by atoms with E-state index in [4.69, 9.17) is 30.5 Å². The summed E-state index contributed by atoms with van der Waals surface area (Å²) < 4.78 is 33.9. The van der Waals surface area contributed by atoms with Gasteiger partial charge in [0.2, 0.25) is 0 Å². The van der Waals surface area contributed by atoms with E-state index < -0.39 is 11.8 Å². The topological polar surface area (TPSA) is 54.0 Å². The lowest BCUT2D eigenvalue weighted by Gasteiger charge is -2.10. The minimum Gasteiger partial charge on any atom is -0.496 e. The van der Waals surface area contributed by atoms with Crippen LogP contribution in [0, 0.1) is 5.82 Å². The summed E-state index contributed by atoms with van der Waals surface area (Å²) in [5.74, 6) is 0.258. The van der Waals surface area contributed by atoms with E-state index in [1.54, 1.807) is 12.1 Å². The van der Waals surface area contributed by atoms with Gasteiger partial charge in [0.25, 0.3) is 0 Å². The average Bonchev–Trinajstić information content (AvgIpc) is 2.64. The van der Waals surface area contributed by atoms with Gasteiger partial charge in [0.05, 0.1) is 26.4 Å². The molecular weight excluding hydrogens is 363 g/mol. The Kier molecular flexibility index (Phi) is 6.86. The molecule has 0 bridgehead atoms. The first kappa shape index (κ1) is 19.6. The highest BCUT2D eigenvalue weighted by atomic mass is 35.5. The van der Waals surface area contributed by atoms with Gasteiger partial charge in [0.1, 0.15) is 18.2 Å². The fourth-order valence-electron chi connectivity index (χ4n) is 2.26. The van der Waals surface area contributed by atoms with Gasteiger partial charge in [0.15, 0.2) is 11.5 Å². The summed E-state index contributed by atoms with van der Waals surface area (Å²) in [4.78, 5) is 11.9. The lowest BCUT2D eigenvalue weighted by atomic mass is 10.2. The maximum Gasteiger partial charge on any atom is 0.331 e. The molecule has 2 aromatic carbocycles. The molecule has 138 valence electrons. The lowest BCUT2D eigenvalue weighted by Crippen LogP contribution is -2.02. The van der Waals surface area contributed by atoms with E-state index in [9.17, 15) is 9.18 Å². The van der Waals surface area contributed by atoms with Crippen molar-refractivity contribution in [1.82, 2.24) is 0 Å². The molecule has 0 saturated carbocycles. The van der Waals surface area contributed by atoms with Crippen molar-refractivity contribution in [2.24, 2.45) is 0 Å². The Labute approximate surface area is 155 Å². The first-order valence-corrected chi connectivity index (χ1v) is 7.95. The van der Waals surface area contributed by atoms with Gasteiger partial charge in [-0.1, -0.05) is 11.6 Å². The highest BCUT2D eigenvalue weighted by molar-refractivity contribution is 6.32. The van der Waals surface area contributed by atoms with E-state index in [-0.39, 0.29) is 6.61 Å². The summed E-state index contributed by atoms with van der Waals surface area (Å²) in [6, 6.07) is 7.29. The molecule has 0 amide bonds. The molecule has 2 rings (SSSR count). The Hall–Kier alpha value is -2.73. The summed E-state index contributed by atoms with van der Waals surface area (Å²) in [6.45, 7) is -0.114. The van der Waals surface area contributed by atoms with Crippen molar-refractivity contribution in [2.45, 2.75) is 6.61 Å². The normalized spacial score (nSPS) is 10.7. The molecule has 0 aliphatic carbocycles. The van der Waals surface area contributed by atoms with Crippen molar-refractivity contribution in [2.75, 3.05) is 21.3 Å². The van der Waals surface area contributed by atoms with Gasteiger partial charge in [-0.3, -0.25) is 0 Å². The molecule has 0 aliphatic rings. The highest BCUT2D eigenvalue weighted by Gasteiger charge is 2.10. The van der Waals surface area contributed by atoms with Crippen molar-refractivity contribution in [3.63, 3.8) is 0 Å². The minimum absolute atomic E-state index is 0.114. The van der Waals surface area contributed by atoms with E-state index in [1.165, 1.54) is 51.7 Å². The van der Waals surface area contributed by atoms with Crippen molar-refractivity contribution in [3.05, 3.63) is 58.4 Å². The van der Waals surface area contributed by atoms with Gasteiger partial charge in [-0.15, -0.1) is 0 Å². The number of hydrogen-bond acceptors (Lipinski definition) is 5. The number of methoxy groups -OCH3 is 3. The number of carbonyl (C=O) groups excluding carboxylic acids is 1. The zero-order valence-electron chi connectivity index (χ0n) is 14.5. The van der Waals surface area contributed by atoms with Gasteiger partial charge < -0.3 is 18.9 Å². The van der Waals surface area contributed by atoms with E-state index in [0.29, 0.717) is 33.4 Å². The quantitative estimate of drug-likeness (QED) is 0.530. The predicted octanol–water partition coefficient (Wildman–Crippen LogP) is 4.26. The number of benzene rings is 2. The van der Waals surface area contributed by atoms with Crippen molar-refractivity contribution >= 4 is 23.6 Å². The fourth-order valence-corrected chi connectivity index (χ4v) is 2.55. The molecule has 0 atom stereocenters. The number of hydrogen-bond donors (Lipinski definition) is 0. The van der Waals surface area contributed by atoms with Crippen LogP contribution < -0.4 is 14.2 Å². The van der Waals surface area contributed by atoms with E-state index >= 15 is 0 Å². The summed E-state index contributed by atoms with van der Waals surface area (Å²) in [7, 11) is 4.43. The van der Waals surface area contributed by atoms with Crippen LogP contribution in [0.2, 0.25) is 5.02 Å².